The Hall–Kier alpha value is -2.28. The summed E-state index contributed by atoms with van der Waals surface area (Å²) in [5.41, 5.74) is 1.73. The highest BCUT2D eigenvalue weighted by atomic mass is 16.5. The fourth-order valence-electron chi connectivity index (χ4n) is 1.46. The van der Waals surface area contributed by atoms with Crippen molar-refractivity contribution >= 4 is 11.9 Å². The van der Waals surface area contributed by atoms with Crippen LogP contribution >= 0.6 is 0 Å². The third-order valence-corrected chi connectivity index (χ3v) is 2.36. The fourth-order valence-corrected chi connectivity index (χ4v) is 1.46. The lowest BCUT2D eigenvalue weighted by atomic mass is 10.1. The number of carbonyl (C=O) groups excluding carboxylic acids is 2. The Balaban J connectivity index is 2.54. The molecule has 0 saturated carbocycles. The van der Waals surface area contributed by atoms with E-state index in [2.05, 4.69) is 21.9 Å². The van der Waals surface area contributed by atoms with Crippen LogP contribution in [0.3, 0.4) is 0 Å². The number of esters is 1. The van der Waals surface area contributed by atoms with Gasteiger partial charge in [-0.15, -0.1) is 0 Å². The largest absolute Gasteiger partial charge is 0.469 e. The van der Waals surface area contributed by atoms with Crippen LogP contribution in [0.25, 0.3) is 0 Å². The van der Waals surface area contributed by atoms with Crippen molar-refractivity contribution in [2.24, 2.45) is 0 Å². The summed E-state index contributed by atoms with van der Waals surface area (Å²) in [5.74, 6) is 5.65. The normalized spacial score (nSPS) is 9.16. The molecule has 0 bridgehead atoms. The van der Waals surface area contributed by atoms with E-state index in [1.807, 2.05) is 24.3 Å². The van der Waals surface area contributed by atoms with Crippen LogP contribution in [-0.2, 0) is 20.7 Å². The zero-order valence-electron chi connectivity index (χ0n) is 11.2. The Labute approximate surface area is 113 Å². The monoisotopic (exact) mass is 259 g/mol. The first kappa shape index (κ1) is 14.8. The van der Waals surface area contributed by atoms with Gasteiger partial charge in [0.15, 0.2) is 0 Å². The molecule has 0 saturated heterocycles. The molecular formula is C15H17NO3. The topological polar surface area (TPSA) is 55.4 Å². The van der Waals surface area contributed by atoms with Crippen molar-refractivity contribution in [3.05, 3.63) is 35.4 Å². The summed E-state index contributed by atoms with van der Waals surface area (Å²) in [6, 6.07) is 7.46. The molecule has 1 rings (SSSR count). The van der Waals surface area contributed by atoms with Crippen LogP contribution in [0.1, 0.15) is 24.5 Å². The van der Waals surface area contributed by atoms with Gasteiger partial charge < -0.3 is 10.1 Å². The molecule has 1 amide bonds. The number of carbonyl (C=O) groups is 2. The molecule has 0 fully saturated rings. The summed E-state index contributed by atoms with van der Waals surface area (Å²) in [5, 5.41) is 2.67. The second kappa shape index (κ2) is 7.93. The van der Waals surface area contributed by atoms with Crippen LogP contribution in [0.2, 0.25) is 0 Å². The zero-order chi connectivity index (χ0) is 14.1. The van der Waals surface area contributed by atoms with Crippen LogP contribution in [0.5, 0.6) is 0 Å². The van der Waals surface area contributed by atoms with Crippen LogP contribution in [0.15, 0.2) is 24.3 Å². The lowest BCUT2D eigenvalue weighted by molar-refractivity contribution is -0.139. The minimum atomic E-state index is -0.268. The number of benzene rings is 1. The van der Waals surface area contributed by atoms with Gasteiger partial charge in [-0.25, -0.2) is 0 Å². The Bertz CT molecular complexity index is 512. The van der Waals surface area contributed by atoms with Crippen molar-refractivity contribution in [3.63, 3.8) is 0 Å². The quantitative estimate of drug-likeness (QED) is 0.503. The minimum absolute atomic E-state index is 0.0538. The molecular weight excluding hydrogens is 242 g/mol. The summed E-state index contributed by atoms with van der Waals surface area (Å²) in [4.78, 5) is 21.8. The Morgan fingerprint density at radius 3 is 2.84 bits per heavy atom. The van der Waals surface area contributed by atoms with E-state index in [0.29, 0.717) is 13.0 Å². The van der Waals surface area contributed by atoms with Crippen LogP contribution in [0.4, 0.5) is 0 Å². The number of amides is 1. The first-order valence-corrected chi connectivity index (χ1v) is 6.01. The molecule has 0 aromatic heterocycles. The Morgan fingerprint density at radius 2 is 2.16 bits per heavy atom. The van der Waals surface area contributed by atoms with Gasteiger partial charge in [0, 0.05) is 25.5 Å². The SMILES string of the molecule is COC(=O)Cc1cccc(C#CCCNC(C)=O)c1. The molecule has 0 atom stereocenters. The Morgan fingerprint density at radius 1 is 1.37 bits per heavy atom. The standard InChI is InChI=1S/C15H17NO3/c1-12(17)16-9-4-3-6-13-7-5-8-14(10-13)11-15(18)19-2/h5,7-8,10H,4,9,11H2,1-2H3,(H,16,17). The molecule has 0 unspecified atom stereocenters. The molecule has 1 aromatic carbocycles. The van der Waals surface area contributed by atoms with Crippen molar-refractivity contribution in [2.75, 3.05) is 13.7 Å². The Kier molecular flexibility index (Phi) is 6.17. The molecule has 0 aliphatic heterocycles. The van der Waals surface area contributed by atoms with Crippen molar-refractivity contribution in [1.29, 1.82) is 0 Å². The van der Waals surface area contributed by atoms with E-state index < -0.39 is 0 Å². The first-order chi connectivity index (χ1) is 9.11. The average Bonchev–Trinajstić information content (AvgIpc) is 2.38. The molecule has 100 valence electrons. The molecule has 1 aromatic rings. The van der Waals surface area contributed by atoms with Gasteiger partial charge in [-0.05, 0) is 17.7 Å². The van der Waals surface area contributed by atoms with Crippen molar-refractivity contribution in [1.82, 2.24) is 5.32 Å². The van der Waals surface area contributed by atoms with Crippen molar-refractivity contribution < 1.29 is 14.3 Å². The van der Waals surface area contributed by atoms with Gasteiger partial charge in [-0.2, -0.15) is 0 Å². The third kappa shape index (κ3) is 6.27. The summed E-state index contributed by atoms with van der Waals surface area (Å²) < 4.78 is 4.61. The van der Waals surface area contributed by atoms with Crippen LogP contribution < -0.4 is 5.32 Å². The lowest BCUT2D eigenvalue weighted by Gasteiger charge is -2.00. The van der Waals surface area contributed by atoms with E-state index in [1.54, 1.807) is 0 Å². The predicted molar refractivity (Wildman–Crippen MR) is 72.3 cm³/mol. The van der Waals surface area contributed by atoms with Gasteiger partial charge in [0.2, 0.25) is 5.91 Å². The number of rotatable bonds is 4. The van der Waals surface area contributed by atoms with Crippen LogP contribution in [-0.4, -0.2) is 25.5 Å². The average molecular weight is 259 g/mol. The highest BCUT2D eigenvalue weighted by molar-refractivity contribution is 5.73. The van der Waals surface area contributed by atoms with E-state index in [1.165, 1.54) is 14.0 Å². The summed E-state index contributed by atoms with van der Waals surface area (Å²) in [7, 11) is 1.37. The maximum absolute atomic E-state index is 11.2. The second-order valence-corrected chi connectivity index (χ2v) is 3.99. The van der Waals surface area contributed by atoms with Crippen molar-refractivity contribution in [2.45, 2.75) is 19.8 Å². The van der Waals surface area contributed by atoms with Crippen molar-refractivity contribution in [3.8, 4) is 11.8 Å². The summed E-state index contributed by atoms with van der Waals surface area (Å²) in [6.45, 7) is 2.02. The third-order valence-electron chi connectivity index (χ3n) is 2.36. The van der Waals surface area contributed by atoms with E-state index in [9.17, 15) is 9.59 Å². The first-order valence-electron chi connectivity index (χ1n) is 6.01. The molecule has 0 aliphatic carbocycles. The maximum atomic E-state index is 11.2. The van der Waals surface area contributed by atoms with Crippen LogP contribution in [0, 0.1) is 11.8 Å². The van der Waals surface area contributed by atoms with Gasteiger partial charge in [-0.1, -0.05) is 24.0 Å². The molecule has 4 heteroatoms. The number of hydrogen-bond acceptors (Lipinski definition) is 3. The molecule has 4 nitrogen and oxygen atoms in total. The number of hydrogen-bond donors (Lipinski definition) is 1. The van der Waals surface area contributed by atoms with E-state index in [-0.39, 0.29) is 18.3 Å². The summed E-state index contributed by atoms with van der Waals surface area (Å²) in [6.07, 6.45) is 0.846. The minimum Gasteiger partial charge on any atom is -0.469 e. The van der Waals surface area contributed by atoms with E-state index in [0.717, 1.165) is 11.1 Å². The second-order valence-electron chi connectivity index (χ2n) is 3.99. The zero-order valence-corrected chi connectivity index (χ0v) is 11.2. The number of methoxy groups -OCH3 is 1. The predicted octanol–water partition coefficient (Wildman–Crippen LogP) is 1.28. The highest BCUT2D eigenvalue weighted by Gasteiger charge is 2.02. The molecule has 0 aliphatic rings. The van der Waals surface area contributed by atoms with Gasteiger partial charge in [0.05, 0.1) is 13.5 Å². The molecule has 0 spiro atoms. The van der Waals surface area contributed by atoms with Gasteiger partial charge in [-0.3, -0.25) is 9.59 Å². The fraction of sp³-hybridized carbons (Fsp3) is 0.333. The van der Waals surface area contributed by atoms with E-state index in [4.69, 9.17) is 0 Å². The van der Waals surface area contributed by atoms with E-state index >= 15 is 0 Å². The maximum Gasteiger partial charge on any atom is 0.309 e. The molecule has 0 heterocycles. The number of ether oxygens (including phenoxy) is 1. The van der Waals surface area contributed by atoms with Gasteiger partial charge in [0.1, 0.15) is 0 Å². The molecule has 0 radical (unpaired) electrons. The smallest absolute Gasteiger partial charge is 0.309 e. The molecule has 19 heavy (non-hydrogen) atoms. The molecule has 1 N–H and O–H groups in total. The van der Waals surface area contributed by atoms with Gasteiger partial charge in [0.25, 0.3) is 0 Å². The lowest BCUT2D eigenvalue weighted by Crippen LogP contribution is -2.20. The number of nitrogens with one attached hydrogen (secondary N) is 1. The van der Waals surface area contributed by atoms with Gasteiger partial charge >= 0.3 is 5.97 Å². The summed E-state index contributed by atoms with van der Waals surface area (Å²) >= 11 is 0. The highest BCUT2D eigenvalue weighted by Crippen LogP contribution is 2.05.